The smallest absolute Gasteiger partial charge is 0.169 e. The number of benzene rings is 2. The van der Waals surface area contributed by atoms with Crippen molar-refractivity contribution in [2.75, 3.05) is 14.2 Å². The van der Waals surface area contributed by atoms with Crippen LogP contribution in [0.3, 0.4) is 0 Å². The van der Waals surface area contributed by atoms with Gasteiger partial charge in [-0.3, -0.25) is 0 Å². The number of nitrogens with one attached hydrogen (secondary N) is 1. The molecule has 0 aromatic heterocycles. The monoisotopic (exact) mass is 261 g/mol. The molecule has 0 saturated heterocycles. The molecule has 2 aromatic carbocycles. The summed E-state index contributed by atoms with van der Waals surface area (Å²) >= 11 is 0. The summed E-state index contributed by atoms with van der Waals surface area (Å²) in [4.78, 5) is 0. The molecular formula is C15H16FNO2. The highest BCUT2D eigenvalue weighted by Gasteiger charge is 2.06. The molecule has 0 unspecified atom stereocenters. The first-order valence-corrected chi connectivity index (χ1v) is 5.98. The van der Waals surface area contributed by atoms with Crippen molar-refractivity contribution in [3.63, 3.8) is 0 Å². The summed E-state index contributed by atoms with van der Waals surface area (Å²) in [6, 6.07) is 11.9. The van der Waals surface area contributed by atoms with Crippen LogP contribution in [0, 0.1) is 5.82 Å². The number of rotatable bonds is 5. The van der Waals surface area contributed by atoms with Gasteiger partial charge in [0.15, 0.2) is 11.5 Å². The van der Waals surface area contributed by atoms with E-state index < -0.39 is 0 Å². The fraction of sp³-hybridized carbons (Fsp3) is 0.200. The lowest BCUT2D eigenvalue weighted by molar-refractivity contribution is 0.378. The normalized spacial score (nSPS) is 10.3. The number of para-hydroxylation sites is 2. The molecule has 19 heavy (non-hydrogen) atoms. The van der Waals surface area contributed by atoms with Crippen LogP contribution in [0.1, 0.15) is 5.56 Å². The Labute approximate surface area is 112 Å². The highest BCUT2D eigenvalue weighted by Crippen LogP contribution is 2.31. The van der Waals surface area contributed by atoms with Crippen LogP contribution in [0.5, 0.6) is 17.2 Å². The Bertz CT molecular complexity index is 558. The van der Waals surface area contributed by atoms with Crippen molar-refractivity contribution in [3.05, 3.63) is 53.8 Å². The van der Waals surface area contributed by atoms with Gasteiger partial charge in [0.1, 0.15) is 11.6 Å². The van der Waals surface area contributed by atoms with E-state index in [1.165, 1.54) is 12.1 Å². The lowest BCUT2D eigenvalue weighted by Crippen LogP contribution is -2.05. The second-order valence-corrected chi connectivity index (χ2v) is 4.08. The fourth-order valence-electron chi connectivity index (χ4n) is 1.82. The molecule has 3 nitrogen and oxygen atoms in total. The van der Waals surface area contributed by atoms with Gasteiger partial charge in [0.05, 0.1) is 7.11 Å². The Balaban J connectivity index is 2.27. The zero-order valence-electron chi connectivity index (χ0n) is 10.9. The Morgan fingerprint density at radius 3 is 2.53 bits per heavy atom. The van der Waals surface area contributed by atoms with E-state index in [4.69, 9.17) is 9.47 Å². The van der Waals surface area contributed by atoms with Crippen molar-refractivity contribution in [2.24, 2.45) is 0 Å². The summed E-state index contributed by atoms with van der Waals surface area (Å²) in [5, 5.41) is 2.98. The van der Waals surface area contributed by atoms with Crippen molar-refractivity contribution in [3.8, 4) is 17.2 Å². The van der Waals surface area contributed by atoms with Crippen LogP contribution in [0.2, 0.25) is 0 Å². The number of hydrogen-bond donors (Lipinski definition) is 1. The molecule has 100 valence electrons. The van der Waals surface area contributed by atoms with Gasteiger partial charge in [-0.15, -0.1) is 0 Å². The topological polar surface area (TPSA) is 30.5 Å². The summed E-state index contributed by atoms with van der Waals surface area (Å²) in [5.74, 6) is 1.31. The van der Waals surface area contributed by atoms with Gasteiger partial charge in [0.25, 0.3) is 0 Å². The minimum Gasteiger partial charge on any atom is -0.493 e. The molecule has 0 saturated carbocycles. The predicted molar refractivity (Wildman–Crippen MR) is 72.2 cm³/mol. The van der Waals surface area contributed by atoms with Crippen LogP contribution >= 0.6 is 0 Å². The lowest BCUT2D eigenvalue weighted by atomic mass is 10.2. The zero-order chi connectivity index (χ0) is 13.7. The molecule has 0 spiro atoms. The summed E-state index contributed by atoms with van der Waals surface area (Å²) in [7, 11) is 3.38. The van der Waals surface area contributed by atoms with Crippen molar-refractivity contribution < 1.29 is 13.9 Å². The molecule has 0 atom stereocenters. The van der Waals surface area contributed by atoms with Gasteiger partial charge in [-0.05, 0) is 36.9 Å². The van der Waals surface area contributed by atoms with Gasteiger partial charge in [0.2, 0.25) is 0 Å². The van der Waals surface area contributed by atoms with Crippen LogP contribution in [0.4, 0.5) is 4.39 Å². The van der Waals surface area contributed by atoms with Crippen LogP contribution in [0.25, 0.3) is 0 Å². The quantitative estimate of drug-likeness (QED) is 0.895. The van der Waals surface area contributed by atoms with Crippen LogP contribution in [0.15, 0.2) is 42.5 Å². The third-order valence-corrected chi connectivity index (χ3v) is 2.61. The largest absolute Gasteiger partial charge is 0.493 e. The maximum atomic E-state index is 13.5. The van der Waals surface area contributed by atoms with Crippen LogP contribution in [-0.4, -0.2) is 14.2 Å². The van der Waals surface area contributed by atoms with E-state index in [9.17, 15) is 4.39 Å². The van der Waals surface area contributed by atoms with E-state index >= 15 is 0 Å². The zero-order valence-corrected chi connectivity index (χ0v) is 10.9. The molecule has 0 aliphatic heterocycles. The van der Waals surface area contributed by atoms with Gasteiger partial charge in [-0.25, -0.2) is 4.39 Å². The van der Waals surface area contributed by atoms with Crippen molar-refractivity contribution >= 4 is 0 Å². The van der Waals surface area contributed by atoms with E-state index in [1.54, 1.807) is 25.3 Å². The van der Waals surface area contributed by atoms with E-state index in [2.05, 4.69) is 5.32 Å². The average molecular weight is 261 g/mol. The standard InChI is InChI=1S/C15H16FNO2/c1-17-10-11-7-12(16)9-13(8-11)19-15-6-4-3-5-14(15)18-2/h3-9,17H,10H2,1-2H3. The Morgan fingerprint density at radius 1 is 1.11 bits per heavy atom. The Morgan fingerprint density at radius 2 is 1.84 bits per heavy atom. The SMILES string of the molecule is CNCc1cc(F)cc(Oc2ccccc2OC)c1. The average Bonchev–Trinajstić information content (AvgIpc) is 2.39. The summed E-state index contributed by atoms with van der Waals surface area (Å²) < 4.78 is 24.4. The summed E-state index contributed by atoms with van der Waals surface area (Å²) in [6.07, 6.45) is 0. The maximum Gasteiger partial charge on any atom is 0.169 e. The molecule has 0 fully saturated rings. The van der Waals surface area contributed by atoms with Crippen molar-refractivity contribution in [1.29, 1.82) is 0 Å². The number of hydrogen-bond acceptors (Lipinski definition) is 3. The summed E-state index contributed by atoms with van der Waals surface area (Å²) in [6.45, 7) is 0.583. The molecule has 0 radical (unpaired) electrons. The third-order valence-electron chi connectivity index (χ3n) is 2.61. The predicted octanol–water partition coefficient (Wildman–Crippen LogP) is 3.35. The van der Waals surface area contributed by atoms with Crippen molar-refractivity contribution in [1.82, 2.24) is 5.32 Å². The molecule has 0 aliphatic carbocycles. The highest BCUT2D eigenvalue weighted by atomic mass is 19.1. The van der Waals surface area contributed by atoms with Gasteiger partial charge >= 0.3 is 0 Å². The van der Waals surface area contributed by atoms with Crippen LogP contribution in [-0.2, 0) is 6.54 Å². The molecule has 2 aromatic rings. The van der Waals surface area contributed by atoms with Gasteiger partial charge in [-0.2, -0.15) is 0 Å². The minimum absolute atomic E-state index is 0.322. The third kappa shape index (κ3) is 3.45. The van der Waals surface area contributed by atoms with Crippen molar-refractivity contribution in [2.45, 2.75) is 6.54 Å². The molecule has 2 rings (SSSR count). The summed E-state index contributed by atoms with van der Waals surface area (Å²) in [5.41, 5.74) is 0.826. The van der Waals surface area contributed by atoms with E-state index in [0.29, 0.717) is 23.8 Å². The molecular weight excluding hydrogens is 245 g/mol. The highest BCUT2D eigenvalue weighted by molar-refractivity contribution is 5.43. The van der Waals surface area contributed by atoms with Gasteiger partial charge in [-0.1, -0.05) is 12.1 Å². The Kier molecular flexibility index (Phi) is 4.36. The maximum absolute atomic E-state index is 13.5. The Hall–Kier alpha value is -2.07. The van der Waals surface area contributed by atoms with Gasteiger partial charge < -0.3 is 14.8 Å². The number of ether oxygens (including phenoxy) is 2. The molecule has 0 aliphatic rings. The molecule has 0 amide bonds. The van der Waals surface area contributed by atoms with E-state index in [-0.39, 0.29) is 5.82 Å². The lowest BCUT2D eigenvalue weighted by Gasteiger charge is -2.11. The van der Waals surface area contributed by atoms with E-state index in [1.807, 2.05) is 19.2 Å². The molecule has 0 heterocycles. The van der Waals surface area contributed by atoms with Crippen LogP contribution < -0.4 is 14.8 Å². The minimum atomic E-state index is -0.322. The second kappa shape index (κ2) is 6.20. The van der Waals surface area contributed by atoms with Gasteiger partial charge in [0, 0.05) is 12.6 Å². The first kappa shape index (κ1) is 13.4. The van der Waals surface area contributed by atoms with E-state index in [0.717, 1.165) is 5.56 Å². The molecule has 4 heteroatoms. The molecule has 0 bridgehead atoms. The number of methoxy groups -OCH3 is 1. The first-order valence-electron chi connectivity index (χ1n) is 5.98. The number of halogens is 1. The first-order chi connectivity index (χ1) is 9.22. The fourth-order valence-corrected chi connectivity index (χ4v) is 1.82. The molecule has 1 N–H and O–H groups in total. The second-order valence-electron chi connectivity index (χ2n) is 4.08.